The summed E-state index contributed by atoms with van der Waals surface area (Å²) < 4.78 is 10.6. The largest absolute Gasteiger partial charge is 0.482 e. The molecular weight excluding hydrogens is 316 g/mol. The number of hydrogen-bond acceptors (Lipinski definition) is 5. The predicted molar refractivity (Wildman–Crippen MR) is 82.9 cm³/mol. The van der Waals surface area contributed by atoms with E-state index in [-0.39, 0.29) is 38.0 Å². The van der Waals surface area contributed by atoms with Gasteiger partial charge in [0, 0.05) is 6.54 Å². The lowest BCUT2D eigenvalue weighted by atomic mass is 10.1. The minimum absolute atomic E-state index is 0.119. The van der Waals surface area contributed by atoms with E-state index in [0.29, 0.717) is 24.6 Å². The molecule has 1 unspecified atom stereocenters. The number of hydrogen-bond donors (Lipinski definition) is 1. The minimum Gasteiger partial charge on any atom is -0.482 e. The third-order valence-electron chi connectivity index (χ3n) is 4.06. The fourth-order valence-corrected chi connectivity index (χ4v) is 2.91. The number of nitrogens with zero attached hydrogens (tertiary/aromatic N) is 2. The molecule has 1 aromatic rings. The van der Waals surface area contributed by atoms with Crippen molar-refractivity contribution in [2.75, 3.05) is 37.8 Å². The van der Waals surface area contributed by atoms with Crippen LogP contribution in [0, 0.1) is 0 Å². The van der Waals surface area contributed by atoms with E-state index in [1.165, 1.54) is 9.80 Å². The van der Waals surface area contributed by atoms with Gasteiger partial charge >= 0.3 is 5.97 Å². The second-order valence-electron chi connectivity index (χ2n) is 5.65. The van der Waals surface area contributed by atoms with Gasteiger partial charge in [-0.05, 0) is 12.1 Å². The number of carbonyl (C=O) groups excluding carboxylic acids is 2. The number of carbonyl (C=O) groups is 3. The summed E-state index contributed by atoms with van der Waals surface area (Å²) in [6, 6.07) is 6.49. The van der Waals surface area contributed by atoms with Crippen molar-refractivity contribution in [2.45, 2.75) is 12.5 Å². The number of amides is 2. The Morgan fingerprint density at radius 2 is 2.08 bits per heavy atom. The molecular formula is C16H18N2O6. The normalized spacial score (nSPS) is 20.3. The number of morpholine rings is 1. The Morgan fingerprint density at radius 3 is 2.88 bits per heavy atom. The van der Waals surface area contributed by atoms with Crippen molar-refractivity contribution < 1.29 is 29.0 Å². The number of aliphatic carboxylic acids is 1. The molecule has 0 spiro atoms. The van der Waals surface area contributed by atoms with Crippen molar-refractivity contribution in [1.29, 1.82) is 0 Å². The second kappa shape index (κ2) is 6.88. The molecule has 2 aliphatic heterocycles. The highest BCUT2D eigenvalue weighted by Crippen LogP contribution is 2.31. The summed E-state index contributed by atoms with van der Waals surface area (Å²) in [5.41, 5.74) is 0.546. The Kier molecular flexibility index (Phi) is 4.66. The zero-order chi connectivity index (χ0) is 17.1. The molecule has 2 amide bonds. The van der Waals surface area contributed by atoms with Gasteiger partial charge < -0.3 is 19.5 Å². The highest BCUT2D eigenvalue weighted by atomic mass is 16.5. The number of fused-ring (bicyclic) bond motifs is 1. The zero-order valence-corrected chi connectivity index (χ0v) is 13.0. The van der Waals surface area contributed by atoms with E-state index >= 15 is 0 Å². The van der Waals surface area contributed by atoms with E-state index in [1.54, 1.807) is 24.3 Å². The molecule has 2 heterocycles. The van der Waals surface area contributed by atoms with Crippen molar-refractivity contribution in [3.05, 3.63) is 24.3 Å². The topological polar surface area (TPSA) is 96.4 Å². The number of carboxylic acid groups (broad SMARTS) is 1. The molecule has 24 heavy (non-hydrogen) atoms. The monoisotopic (exact) mass is 334 g/mol. The van der Waals surface area contributed by atoms with Crippen LogP contribution in [0.4, 0.5) is 5.69 Å². The quantitative estimate of drug-likeness (QED) is 0.840. The van der Waals surface area contributed by atoms with Gasteiger partial charge in [0.1, 0.15) is 12.3 Å². The Morgan fingerprint density at radius 1 is 1.29 bits per heavy atom. The fourth-order valence-electron chi connectivity index (χ4n) is 2.91. The number of benzene rings is 1. The van der Waals surface area contributed by atoms with Gasteiger partial charge in [0.05, 0.1) is 31.4 Å². The van der Waals surface area contributed by atoms with Crippen molar-refractivity contribution >= 4 is 23.5 Å². The van der Waals surface area contributed by atoms with E-state index in [0.717, 1.165) is 0 Å². The molecule has 1 saturated heterocycles. The number of carboxylic acids is 1. The second-order valence-corrected chi connectivity index (χ2v) is 5.65. The summed E-state index contributed by atoms with van der Waals surface area (Å²) in [5, 5.41) is 8.98. The van der Waals surface area contributed by atoms with Gasteiger partial charge in [-0.2, -0.15) is 0 Å². The molecule has 2 aliphatic rings. The summed E-state index contributed by atoms with van der Waals surface area (Å²) in [4.78, 5) is 38.6. The maximum absolute atomic E-state index is 12.7. The van der Waals surface area contributed by atoms with E-state index in [1.807, 2.05) is 0 Å². The first-order chi connectivity index (χ1) is 11.6. The van der Waals surface area contributed by atoms with Crippen molar-refractivity contribution in [3.8, 4) is 5.75 Å². The smallest absolute Gasteiger partial charge is 0.305 e. The molecule has 3 rings (SSSR count). The summed E-state index contributed by atoms with van der Waals surface area (Å²) in [6.07, 6.45) is -0.181. The number of para-hydroxylation sites is 2. The molecule has 0 radical (unpaired) electrons. The van der Waals surface area contributed by atoms with Crippen LogP contribution in [0.25, 0.3) is 0 Å². The van der Waals surface area contributed by atoms with Crippen LogP contribution in [-0.2, 0) is 19.1 Å². The Hall–Kier alpha value is -2.61. The van der Waals surface area contributed by atoms with E-state index < -0.39 is 12.0 Å². The molecule has 1 atom stereocenters. The minimum atomic E-state index is -0.990. The van der Waals surface area contributed by atoms with Gasteiger partial charge in [-0.15, -0.1) is 0 Å². The fraction of sp³-hybridized carbons (Fsp3) is 0.438. The molecule has 8 heteroatoms. The summed E-state index contributed by atoms with van der Waals surface area (Å²) in [5.74, 6) is -1.04. The van der Waals surface area contributed by atoms with Crippen molar-refractivity contribution in [1.82, 2.24) is 4.90 Å². The van der Waals surface area contributed by atoms with E-state index in [9.17, 15) is 14.4 Å². The standard InChI is InChI=1S/C16H18N2O6/c19-14(17-5-6-23-9-11(17)7-16(21)22)8-18-12-3-1-2-4-13(12)24-10-15(18)20/h1-4,11H,5-10H2,(H,21,22). The molecule has 8 nitrogen and oxygen atoms in total. The number of anilines is 1. The molecule has 0 bridgehead atoms. The lowest BCUT2D eigenvalue weighted by molar-refractivity contribution is -0.146. The number of rotatable bonds is 4. The van der Waals surface area contributed by atoms with Gasteiger partial charge in [-0.1, -0.05) is 12.1 Å². The maximum atomic E-state index is 12.7. The maximum Gasteiger partial charge on any atom is 0.305 e. The lowest BCUT2D eigenvalue weighted by Crippen LogP contribution is -2.54. The first-order valence-corrected chi connectivity index (χ1v) is 7.67. The zero-order valence-electron chi connectivity index (χ0n) is 13.0. The average molecular weight is 334 g/mol. The van der Waals surface area contributed by atoms with Gasteiger partial charge in [0.2, 0.25) is 5.91 Å². The molecule has 0 aliphatic carbocycles. The molecule has 1 fully saturated rings. The molecule has 1 aromatic carbocycles. The highest BCUT2D eigenvalue weighted by Gasteiger charge is 2.33. The predicted octanol–water partition coefficient (Wildman–Crippen LogP) is 0.114. The third-order valence-corrected chi connectivity index (χ3v) is 4.06. The van der Waals surface area contributed by atoms with Crippen LogP contribution in [-0.4, -0.2) is 66.7 Å². The van der Waals surface area contributed by atoms with Crippen LogP contribution in [0.15, 0.2) is 24.3 Å². The van der Waals surface area contributed by atoms with E-state index in [4.69, 9.17) is 14.6 Å². The van der Waals surface area contributed by atoms with Gasteiger partial charge in [0.25, 0.3) is 5.91 Å². The van der Waals surface area contributed by atoms with Crippen LogP contribution < -0.4 is 9.64 Å². The summed E-state index contributed by atoms with van der Waals surface area (Å²) >= 11 is 0. The highest BCUT2D eigenvalue weighted by molar-refractivity contribution is 6.02. The Balaban J connectivity index is 1.76. The first-order valence-electron chi connectivity index (χ1n) is 7.67. The van der Waals surface area contributed by atoms with Crippen LogP contribution in [0.5, 0.6) is 5.75 Å². The average Bonchev–Trinajstić information content (AvgIpc) is 2.57. The summed E-state index contributed by atoms with van der Waals surface area (Å²) in [6.45, 7) is 0.597. The number of ether oxygens (including phenoxy) is 2. The van der Waals surface area contributed by atoms with Crippen molar-refractivity contribution in [2.24, 2.45) is 0 Å². The Labute approximate surface area is 138 Å². The lowest BCUT2D eigenvalue weighted by Gasteiger charge is -2.37. The third kappa shape index (κ3) is 3.33. The van der Waals surface area contributed by atoms with Gasteiger partial charge in [-0.3, -0.25) is 19.3 Å². The summed E-state index contributed by atoms with van der Waals surface area (Å²) in [7, 11) is 0. The molecule has 128 valence electrons. The van der Waals surface area contributed by atoms with Gasteiger partial charge in [-0.25, -0.2) is 0 Å². The first kappa shape index (κ1) is 16.3. The van der Waals surface area contributed by atoms with Crippen LogP contribution in [0.2, 0.25) is 0 Å². The van der Waals surface area contributed by atoms with Crippen LogP contribution in [0.3, 0.4) is 0 Å². The van der Waals surface area contributed by atoms with Crippen LogP contribution >= 0.6 is 0 Å². The SMILES string of the molecule is O=C(O)CC1COCCN1C(=O)CN1C(=O)COc2ccccc21. The molecule has 0 saturated carbocycles. The molecule has 0 aromatic heterocycles. The Bertz CT molecular complexity index is 662. The van der Waals surface area contributed by atoms with Crippen LogP contribution in [0.1, 0.15) is 6.42 Å². The molecule has 1 N–H and O–H groups in total. The van der Waals surface area contributed by atoms with E-state index in [2.05, 4.69) is 0 Å². The van der Waals surface area contributed by atoms with Gasteiger partial charge in [0.15, 0.2) is 6.61 Å². The van der Waals surface area contributed by atoms with Crippen molar-refractivity contribution in [3.63, 3.8) is 0 Å².